The summed E-state index contributed by atoms with van der Waals surface area (Å²) < 4.78 is 5.15. The monoisotopic (exact) mass is 332 g/mol. The number of hydrogen-bond donors (Lipinski definition) is 1. The van der Waals surface area contributed by atoms with Crippen LogP contribution in [0, 0.1) is 5.92 Å². The maximum Gasteiger partial charge on any atom is 0.251 e. The molecule has 1 aromatic carbocycles. The molecule has 1 aliphatic rings. The Morgan fingerprint density at radius 2 is 1.92 bits per heavy atom. The molecule has 1 aliphatic heterocycles. The highest BCUT2D eigenvalue weighted by Crippen LogP contribution is 2.18. The van der Waals surface area contributed by atoms with Gasteiger partial charge >= 0.3 is 0 Å². The number of nitrogens with one attached hydrogen (secondary N) is 1. The van der Waals surface area contributed by atoms with Crippen LogP contribution in [0.4, 0.5) is 0 Å². The molecular weight excluding hydrogens is 304 g/mol. The zero-order valence-corrected chi connectivity index (χ0v) is 14.9. The second kappa shape index (κ2) is 8.71. The molecule has 2 rings (SSSR count). The molecule has 5 heteroatoms. The number of likely N-dealkylation sites (tertiary alicyclic amines) is 1. The number of piperidine rings is 1. The van der Waals surface area contributed by atoms with Gasteiger partial charge in [0.1, 0.15) is 5.75 Å². The molecule has 2 amide bonds. The highest BCUT2D eigenvalue weighted by molar-refractivity contribution is 5.94. The fourth-order valence-corrected chi connectivity index (χ4v) is 3.17. The Morgan fingerprint density at radius 3 is 2.50 bits per heavy atom. The van der Waals surface area contributed by atoms with Crippen molar-refractivity contribution in [3.63, 3.8) is 0 Å². The molecule has 24 heavy (non-hydrogen) atoms. The van der Waals surface area contributed by atoms with Crippen molar-refractivity contribution in [3.8, 4) is 5.75 Å². The lowest BCUT2D eigenvalue weighted by Gasteiger charge is -2.34. The quantitative estimate of drug-likeness (QED) is 0.871. The molecule has 0 atom stereocenters. The molecule has 0 radical (unpaired) electrons. The smallest absolute Gasteiger partial charge is 0.251 e. The Bertz CT molecular complexity index is 561. The molecule has 1 fully saturated rings. The number of amides is 2. The van der Waals surface area contributed by atoms with Crippen LogP contribution in [0.5, 0.6) is 5.75 Å². The summed E-state index contributed by atoms with van der Waals surface area (Å²) in [4.78, 5) is 26.7. The van der Waals surface area contributed by atoms with E-state index in [1.165, 1.54) is 0 Å². The van der Waals surface area contributed by atoms with Gasteiger partial charge in [-0.1, -0.05) is 19.9 Å². The number of hydrogen-bond acceptors (Lipinski definition) is 3. The number of carbonyl (C=O) groups excluding carboxylic acids is 2. The van der Waals surface area contributed by atoms with Gasteiger partial charge < -0.3 is 15.0 Å². The van der Waals surface area contributed by atoms with Crippen LogP contribution < -0.4 is 10.1 Å². The zero-order valence-electron chi connectivity index (χ0n) is 14.9. The molecule has 0 unspecified atom stereocenters. The van der Waals surface area contributed by atoms with Crippen LogP contribution in [-0.4, -0.2) is 43.0 Å². The third-order valence-corrected chi connectivity index (χ3v) is 4.81. The minimum atomic E-state index is -0.0846. The van der Waals surface area contributed by atoms with Crippen LogP contribution in [-0.2, 0) is 4.79 Å². The molecule has 0 saturated carbocycles. The summed E-state index contributed by atoms with van der Waals surface area (Å²) in [5.74, 6) is 0.984. The Morgan fingerprint density at radius 1 is 1.25 bits per heavy atom. The number of methoxy groups -OCH3 is 1. The van der Waals surface area contributed by atoms with E-state index >= 15 is 0 Å². The Kier molecular flexibility index (Phi) is 6.64. The van der Waals surface area contributed by atoms with E-state index in [2.05, 4.69) is 19.2 Å². The van der Waals surface area contributed by atoms with Crippen molar-refractivity contribution in [1.82, 2.24) is 10.2 Å². The third-order valence-electron chi connectivity index (χ3n) is 4.81. The molecule has 0 bridgehead atoms. The molecule has 1 N–H and O–H groups in total. The Balaban J connectivity index is 1.86. The average Bonchev–Trinajstić information content (AvgIpc) is 2.63. The Hall–Kier alpha value is -2.04. The molecule has 0 aliphatic carbocycles. The van der Waals surface area contributed by atoms with E-state index < -0.39 is 0 Å². The summed E-state index contributed by atoms with van der Waals surface area (Å²) in [5, 5.41) is 3.07. The first-order valence-corrected chi connectivity index (χ1v) is 8.82. The van der Waals surface area contributed by atoms with E-state index in [9.17, 15) is 9.59 Å². The predicted octanol–water partition coefficient (Wildman–Crippen LogP) is 2.85. The van der Waals surface area contributed by atoms with Gasteiger partial charge in [0.15, 0.2) is 0 Å². The van der Waals surface area contributed by atoms with Crippen LogP contribution in [0.1, 0.15) is 49.9 Å². The number of rotatable bonds is 6. The molecule has 0 spiro atoms. The van der Waals surface area contributed by atoms with Gasteiger partial charge in [-0.2, -0.15) is 0 Å². The molecule has 132 valence electrons. The summed E-state index contributed by atoms with van der Waals surface area (Å²) in [6, 6.07) is 7.27. The fraction of sp³-hybridized carbons (Fsp3) is 0.579. The number of nitrogens with zero attached hydrogens (tertiary/aromatic N) is 1. The highest BCUT2D eigenvalue weighted by Gasteiger charge is 2.27. The van der Waals surface area contributed by atoms with Crippen LogP contribution >= 0.6 is 0 Å². The van der Waals surface area contributed by atoms with Crippen molar-refractivity contribution in [2.24, 2.45) is 5.92 Å². The first-order chi connectivity index (χ1) is 11.6. The minimum absolute atomic E-state index is 0.0846. The van der Waals surface area contributed by atoms with Gasteiger partial charge in [-0.25, -0.2) is 0 Å². The molecule has 1 heterocycles. The van der Waals surface area contributed by atoms with Crippen molar-refractivity contribution in [1.29, 1.82) is 0 Å². The highest BCUT2D eigenvalue weighted by atomic mass is 16.5. The van der Waals surface area contributed by atoms with Gasteiger partial charge in [0.05, 0.1) is 7.11 Å². The summed E-state index contributed by atoms with van der Waals surface area (Å²) in [5.41, 5.74) is 0.602. The van der Waals surface area contributed by atoms with Crippen LogP contribution in [0.2, 0.25) is 0 Å². The maximum absolute atomic E-state index is 12.4. The van der Waals surface area contributed by atoms with Gasteiger partial charge in [-0.3, -0.25) is 9.59 Å². The van der Waals surface area contributed by atoms with Crippen molar-refractivity contribution < 1.29 is 14.3 Å². The largest absolute Gasteiger partial charge is 0.497 e. The lowest BCUT2D eigenvalue weighted by atomic mass is 9.98. The fourth-order valence-electron chi connectivity index (χ4n) is 3.17. The summed E-state index contributed by atoms with van der Waals surface area (Å²) in [7, 11) is 1.59. The molecule has 0 aromatic heterocycles. The van der Waals surface area contributed by atoms with Gasteiger partial charge in [0, 0.05) is 30.6 Å². The van der Waals surface area contributed by atoms with Crippen LogP contribution in [0.25, 0.3) is 0 Å². The molecule has 5 nitrogen and oxygen atoms in total. The average molecular weight is 332 g/mol. The molecule has 1 saturated heterocycles. The Labute approximate surface area is 144 Å². The summed E-state index contributed by atoms with van der Waals surface area (Å²) in [6.07, 6.45) is 3.40. The number of benzene rings is 1. The third kappa shape index (κ3) is 4.49. The molecular formula is C19H28N2O3. The lowest BCUT2D eigenvalue weighted by Crippen LogP contribution is -2.48. The van der Waals surface area contributed by atoms with Crippen molar-refractivity contribution in [2.75, 3.05) is 20.2 Å². The van der Waals surface area contributed by atoms with E-state index in [1.54, 1.807) is 19.2 Å². The van der Waals surface area contributed by atoms with E-state index in [0.717, 1.165) is 38.8 Å². The predicted molar refractivity (Wildman–Crippen MR) is 94.1 cm³/mol. The van der Waals surface area contributed by atoms with Crippen molar-refractivity contribution in [3.05, 3.63) is 29.8 Å². The maximum atomic E-state index is 12.4. The topological polar surface area (TPSA) is 58.6 Å². The van der Waals surface area contributed by atoms with Crippen molar-refractivity contribution in [2.45, 2.75) is 45.6 Å². The second-order valence-corrected chi connectivity index (χ2v) is 6.32. The zero-order chi connectivity index (χ0) is 17.5. The molecule has 1 aromatic rings. The summed E-state index contributed by atoms with van der Waals surface area (Å²) in [6.45, 7) is 5.57. The van der Waals surface area contributed by atoms with E-state index in [-0.39, 0.29) is 23.8 Å². The van der Waals surface area contributed by atoms with Crippen molar-refractivity contribution >= 4 is 11.8 Å². The SMILES string of the molecule is CCC(CC)C(=O)N1CCC(NC(=O)c2cccc(OC)c2)CC1. The van der Waals surface area contributed by atoms with Crippen LogP contribution in [0.15, 0.2) is 24.3 Å². The van der Waals surface area contributed by atoms with Gasteiger partial charge in [-0.05, 0) is 43.9 Å². The van der Waals surface area contributed by atoms with Crippen LogP contribution in [0.3, 0.4) is 0 Å². The lowest BCUT2D eigenvalue weighted by molar-refractivity contribution is -0.136. The van der Waals surface area contributed by atoms with E-state index in [0.29, 0.717) is 11.3 Å². The number of ether oxygens (including phenoxy) is 1. The van der Waals surface area contributed by atoms with E-state index in [1.807, 2.05) is 17.0 Å². The first kappa shape index (κ1) is 18.3. The van der Waals surface area contributed by atoms with Gasteiger partial charge in [0.2, 0.25) is 5.91 Å². The van der Waals surface area contributed by atoms with Gasteiger partial charge in [0.25, 0.3) is 5.91 Å². The standard InChI is InChI=1S/C19H28N2O3/c1-4-14(5-2)19(23)21-11-9-16(10-12-21)20-18(22)15-7-6-8-17(13-15)24-3/h6-8,13-14,16H,4-5,9-12H2,1-3H3,(H,20,22). The van der Waals surface area contributed by atoms with Gasteiger partial charge in [-0.15, -0.1) is 0 Å². The normalized spacial score (nSPS) is 15.4. The van der Waals surface area contributed by atoms with E-state index in [4.69, 9.17) is 4.74 Å². The first-order valence-electron chi connectivity index (χ1n) is 8.82. The second-order valence-electron chi connectivity index (χ2n) is 6.32. The number of carbonyl (C=O) groups is 2. The minimum Gasteiger partial charge on any atom is -0.497 e. The summed E-state index contributed by atoms with van der Waals surface area (Å²) >= 11 is 0.